The lowest BCUT2D eigenvalue weighted by Gasteiger charge is -2.14. The van der Waals surface area contributed by atoms with Gasteiger partial charge in [0.15, 0.2) is 15.6 Å². The molecule has 0 saturated carbocycles. The van der Waals surface area contributed by atoms with Crippen molar-refractivity contribution in [2.45, 2.75) is 37.5 Å². The molecule has 0 aliphatic rings. The van der Waals surface area contributed by atoms with E-state index in [1.165, 1.54) is 24.5 Å². The van der Waals surface area contributed by atoms with E-state index >= 15 is 0 Å². The van der Waals surface area contributed by atoms with E-state index in [9.17, 15) is 18.0 Å². The normalized spacial score (nSPS) is 12.6. The van der Waals surface area contributed by atoms with E-state index in [-0.39, 0.29) is 34.6 Å². The lowest BCUT2D eigenvalue weighted by Crippen LogP contribution is -2.33. The highest BCUT2D eigenvalue weighted by atomic mass is 32.2. The van der Waals surface area contributed by atoms with Crippen molar-refractivity contribution in [1.82, 2.24) is 5.32 Å². The Morgan fingerprint density at radius 2 is 1.78 bits per heavy atom. The van der Waals surface area contributed by atoms with Gasteiger partial charge in [-0.1, -0.05) is 25.1 Å². The summed E-state index contributed by atoms with van der Waals surface area (Å²) in [6, 6.07) is 9.43. The first-order valence-electron chi connectivity index (χ1n) is 8.53. The van der Waals surface area contributed by atoms with Crippen LogP contribution in [0.25, 0.3) is 0 Å². The van der Waals surface area contributed by atoms with Gasteiger partial charge in [-0.15, -0.1) is 0 Å². The zero-order chi connectivity index (χ0) is 20.0. The Kier molecular flexibility index (Phi) is 6.79. The monoisotopic (exact) mass is 393 g/mol. The van der Waals surface area contributed by atoms with Crippen LogP contribution in [0.1, 0.15) is 36.9 Å². The molecule has 0 bridgehead atoms. The molecule has 146 valence electrons. The molecule has 27 heavy (non-hydrogen) atoms. The van der Waals surface area contributed by atoms with Crippen LogP contribution in [0, 0.1) is 5.92 Å². The number of furan rings is 1. The molecule has 7 nitrogen and oxygen atoms in total. The number of benzene rings is 1. The number of carbonyl (C=O) groups excluding carboxylic acids is 2. The van der Waals surface area contributed by atoms with Gasteiger partial charge in [-0.05, 0) is 32.0 Å². The third kappa shape index (κ3) is 5.68. The van der Waals surface area contributed by atoms with Gasteiger partial charge < -0.3 is 14.5 Å². The van der Waals surface area contributed by atoms with Crippen LogP contribution in [0.5, 0.6) is 0 Å². The molecular formula is C19H23NO6S. The second-order valence-corrected chi connectivity index (χ2v) is 8.43. The first-order chi connectivity index (χ1) is 12.7. The molecule has 0 saturated heterocycles. The van der Waals surface area contributed by atoms with E-state index in [1.54, 1.807) is 39.0 Å². The van der Waals surface area contributed by atoms with E-state index in [2.05, 4.69) is 5.32 Å². The van der Waals surface area contributed by atoms with E-state index in [1.807, 2.05) is 0 Å². The number of sulfone groups is 1. The second-order valence-electron chi connectivity index (χ2n) is 6.44. The van der Waals surface area contributed by atoms with Crippen molar-refractivity contribution in [3.8, 4) is 0 Å². The lowest BCUT2D eigenvalue weighted by molar-refractivity contribution is -0.151. The predicted octanol–water partition coefficient (Wildman–Crippen LogP) is 2.57. The van der Waals surface area contributed by atoms with Crippen LogP contribution in [0.15, 0.2) is 52.0 Å². The van der Waals surface area contributed by atoms with Gasteiger partial charge in [-0.3, -0.25) is 9.59 Å². The molecule has 1 N–H and O–H groups in total. The zero-order valence-electron chi connectivity index (χ0n) is 15.5. The molecule has 1 aromatic carbocycles. The van der Waals surface area contributed by atoms with Crippen LogP contribution >= 0.6 is 0 Å². The van der Waals surface area contributed by atoms with Crippen LogP contribution in [0.4, 0.5) is 0 Å². The lowest BCUT2D eigenvalue weighted by atomic mass is 10.2. The first kappa shape index (κ1) is 20.7. The Hall–Kier alpha value is -2.61. The number of rotatable bonds is 8. The van der Waals surface area contributed by atoms with E-state index in [0.29, 0.717) is 0 Å². The third-order valence-corrected chi connectivity index (χ3v) is 5.41. The van der Waals surface area contributed by atoms with Crippen molar-refractivity contribution in [3.63, 3.8) is 0 Å². The summed E-state index contributed by atoms with van der Waals surface area (Å²) >= 11 is 0. The highest BCUT2D eigenvalue weighted by Gasteiger charge is 2.23. The van der Waals surface area contributed by atoms with Gasteiger partial charge in [0.25, 0.3) is 5.91 Å². The fourth-order valence-corrected chi connectivity index (χ4v) is 3.70. The summed E-state index contributed by atoms with van der Waals surface area (Å²) in [4.78, 5) is 24.3. The molecule has 0 aliphatic carbocycles. The van der Waals surface area contributed by atoms with Crippen LogP contribution in [0.3, 0.4) is 0 Å². The number of esters is 1. The summed E-state index contributed by atoms with van der Waals surface area (Å²) in [5, 5.41) is 2.58. The Morgan fingerprint density at radius 3 is 2.41 bits per heavy atom. The SMILES string of the molecule is CC(C)OC(=O)[C@H](C)CNC(=O)c1occc1CS(=O)(=O)c1ccccc1. The fraction of sp³-hybridized carbons (Fsp3) is 0.368. The van der Waals surface area contributed by atoms with E-state index < -0.39 is 27.6 Å². The van der Waals surface area contributed by atoms with Crippen LogP contribution in [-0.2, 0) is 25.1 Å². The molecule has 2 aromatic rings. The Bertz CT molecular complexity index is 886. The molecule has 8 heteroatoms. The van der Waals surface area contributed by atoms with Crippen LogP contribution in [0.2, 0.25) is 0 Å². The van der Waals surface area contributed by atoms with Gasteiger partial charge in [0.05, 0.1) is 28.9 Å². The Labute approximate surface area is 158 Å². The van der Waals surface area contributed by atoms with Gasteiger partial charge in [-0.25, -0.2) is 8.42 Å². The summed E-state index contributed by atoms with van der Waals surface area (Å²) in [7, 11) is -3.61. The minimum absolute atomic E-state index is 0.0515. The summed E-state index contributed by atoms with van der Waals surface area (Å²) < 4.78 is 35.2. The number of amides is 1. The average Bonchev–Trinajstić information content (AvgIpc) is 3.07. The van der Waals surface area contributed by atoms with Crippen molar-refractivity contribution in [2.24, 2.45) is 5.92 Å². The highest BCUT2D eigenvalue weighted by Crippen LogP contribution is 2.20. The molecule has 0 aliphatic heterocycles. The molecule has 0 fully saturated rings. The molecule has 1 aromatic heterocycles. The quantitative estimate of drug-likeness (QED) is 0.692. The first-order valence-corrected chi connectivity index (χ1v) is 10.2. The Balaban J connectivity index is 2.04. The summed E-state index contributed by atoms with van der Waals surface area (Å²) in [5.74, 6) is -1.98. The average molecular weight is 393 g/mol. The largest absolute Gasteiger partial charge is 0.463 e. The summed E-state index contributed by atoms with van der Waals surface area (Å²) in [6.45, 7) is 5.17. The molecule has 0 radical (unpaired) electrons. The molecule has 0 spiro atoms. The zero-order valence-corrected chi connectivity index (χ0v) is 16.3. The standard InChI is InChI=1S/C19H23NO6S/c1-13(2)26-19(22)14(3)11-20-18(21)17-15(9-10-25-17)12-27(23,24)16-7-5-4-6-8-16/h4-10,13-14H,11-12H2,1-3H3,(H,20,21)/t14-/m1/s1. The second kappa shape index (κ2) is 8.85. The molecule has 1 heterocycles. The van der Waals surface area contributed by atoms with Gasteiger partial charge in [0.1, 0.15) is 0 Å². The molecule has 0 unspecified atom stereocenters. The number of hydrogen-bond donors (Lipinski definition) is 1. The van der Waals surface area contributed by atoms with Crippen molar-refractivity contribution >= 4 is 21.7 Å². The van der Waals surface area contributed by atoms with Crippen LogP contribution < -0.4 is 5.32 Å². The van der Waals surface area contributed by atoms with Crippen LogP contribution in [-0.4, -0.2) is 32.9 Å². The van der Waals surface area contributed by atoms with Gasteiger partial charge in [-0.2, -0.15) is 0 Å². The summed E-state index contributed by atoms with van der Waals surface area (Å²) in [6.07, 6.45) is 1.02. The molecule has 2 rings (SSSR count). The van der Waals surface area contributed by atoms with E-state index in [0.717, 1.165) is 0 Å². The maximum Gasteiger partial charge on any atom is 0.310 e. The Morgan fingerprint density at radius 1 is 1.11 bits per heavy atom. The van der Waals surface area contributed by atoms with Crippen molar-refractivity contribution in [2.75, 3.05) is 6.54 Å². The van der Waals surface area contributed by atoms with Gasteiger partial charge >= 0.3 is 5.97 Å². The minimum atomic E-state index is -3.61. The minimum Gasteiger partial charge on any atom is -0.463 e. The van der Waals surface area contributed by atoms with Crippen molar-refractivity contribution in [3.05, 3.63) is 54.0 Å². The fourth-order valence-electron chi connectivity index (χ4n) is 2.32. The van der Waals surface area contributed by atoms with Gasteiger partial charge in [0, 0.05) is 12.1 Å². The molecular weight excluding hydrogens is 370 g/mol. The topological polar surface area (TPSA) is 103 Å². The van der Waals surface area contributed by atoms with Gasteiger partial charge in [0.2, 0.25) is 0 Å². The highest BCUT2D eigenvalue weighted by molar-refractivity contribution is 7.90. The summed E-state index contributed by atoms with van der Waals surface area (Å²) in [5.41, 5.74) is 0.258. The number of nitrogens with one attached hydrogen (secondary N) is 1. The van der Waals surface area contributed by atoms with Crippen molar-refractivity contribution < 1.29 is 27.2 Å². The third-order valence-electron chi connectivity index (χ3n) is 3.72. The maximum absolute atomic E-state index is 12.5. The maximum atomic E-state index is 12.5. The van der Waals surface area contributed by atoms with E-state index in [4.69, 9.17) is 9.15 Å². The van der Waals surface area contributed by atoms with Crippen molar-refractivity contribution in [1.29, 1.82) is 0 Å². The molecule has 1 amide bonds. The smallest absolute Gasteiger partial charge is 0.310 e. The number of hydrogen-bond acceptors (Lipinski definition) is 6. The number of carbonyl (C=O) groups is 2. The molecule has 1 atom stereocenters. The number of ether oxygens (including phenoxy) is 1. The predicted molar refractivity (Wildman–Crippen MR) is 98.8 cm³/mol.